The highest BCUT2D eigenvalue weighted by Crippen LogP contribution is 2.30. The normalized spacial score (nSPS) is 11.0. The molecule has 0 aliphatic rings. The number of rotatable bonds is 4. The predicted octanol–water partition coefficient (Wildman–Crippen LogP) is 4.74. The average molecular weight is 366 g/mol. The van der Waals surface area contributed by atoms with E-state index in [-0.39, 0.29) is 18.3 Å². The number of thiazole rings is 1. The van der Waals surface area contributed by atoms with Crippen LogP contribution in [0.3, 0.4) is 0 Å². The minimum Gasteiger partial charge on any atom is -0.468 e. The second kappa shape index (κ2) is 6.72. The Bertz CT molecular complexity index is 1080. The van der Waals surface area contributed by atoms with Gasteiger partial charge in [0.2, 0.25) is 0 Å². The summed E-state index contributed by atoms with van der Waals surface area (Å²) in [7, 11) is 1.38. The van der Waals surface area contributed by atoms with Crippen LogP contribution in [0.1, 0.15) is 0 Å². The molecular weight excluding hydrogens is 351 g/mol. The van der Waals surface area contributed by atoms with Crippen molar-refractivity contribution in [1.82, 2.24) is 9.55 Å². The highest BCUT2D eigenvalue weighted by Gasteiger charge is 2.10. The number of hydrogen-bond acceptors (Lipinski definition) is 4. The smallest absolute Gasteiger partial charge is 0.325 e. The van der Waals surface area contributed by atoms with Gasteiger partial charge in [-0.15, -0.1) is 11.3 Å². The van der Waals surface area contributed by atoms with E-state index in [4.69, 9.17) is 4.74 Å². The Hall–Kier alpha value is -2.99. The van der Waals surface area contributed by atoms with Crippen LogP contribution in [0.25, 0.3) is 32.7 Å². The number of methoxy groups -OCH3 is 1. The lowest BCUT2D eigenvalue weighted by atomic mass is 10.1. The van der Waals surface area contributed by atoms with E-state index in [0.717, 1.165) is 32.7 Å². The lowest BCUT2D eigenvalue weighted by Crippen LogP contribution is -2.10. The van der Waals surface area contributed by atoms with Crippen molar-refractivity contribution in [2.24, 2.45) is 0 Å². The second-order valence-electron chi connectivity index (χ2n) is 5.84. The molecule has 0 saturated carbocycles. The quantitative estimate of drug-likeness (QED) is 0.490. The molecule has 0 radical (unpaired) electrons. The van der Waals surface area contributed by atoms with E-state index >= 15 is 0 Å². The number of carbonyl (C=O) groups is 1. The monoisotopic (exact) mass is 366 g/mol. The molecule has 0 saturated heterocycles. The van der Waals surface area contributed by atoms with Crippen LogP contribution in [-0.4, -0.2) is 22.6 Å². The van der Waals surface area contributed by atoms with Crippen molar-refractivity contribution in [1.29, 1.82) is 0 Å². The average Bonchev–Trinajstić information content (AvgIpc) is 3.29. The number of esters is 1. The molecule has 0 spiro atoms. The minimum absolute atomic E-state index is 0.168. The van der Waals surface area contributed by atoms with E-state index in [0.29, 0.717) is 0 Å². The number of fused-ring (bicyclic) bond motifs is 1. The van der Waals surface area contributed by atoms with Gasteiger partial charge in [-0.05, 0) is 41.8 Å². The van der Waals surface area contributed by atoms with Gasteiger partial charge in [-0.25, -0.2) is 9.37 Å². The molecule has 4 aromatic rings. The first-order valence-electron chi connectivity index (χ1n) is 8.01. The van der Waals surface area contributed by atoms with Crippen molar-refractivity contribution in [2.45, 2.75) is 6.54 Å². The zero-order valence-electron chi connectivity index (χ0n) is 14.0. The summed E-state index contributed by atoms with van der Waals surface area (Å²) in [6, 6.07) is 14.3. The summed E-state index contributed by atoms with van der Waals surface area (Å²) < 4.78 is 19.7. The summed E-state index contributed by atoms with van der Waals surface area (Å²) in [5.74, 6) is -0.553. The van der Waals surface area contributed by atoms with Crippen molar-refractivity contribution in [3.63, 3.8) is 0 Å². The van der Waals surface area contributed by atoms with E-state index in [1.54, 1.807) is 12.1 Å². The lowest BCUT2D eigenvalue weighted by Gasteiger charge is -2.05. The minimum atomic E-state index is -0.292. The molecule has 2 aromatic carbocycles. The van der Waals surface area contributed by atoms with Gasteiger partial charge in [0.05, 0.1) is 12.8 Å². The number of nitrogens with zero attached hydrogens (tertiary/aromatic N) is 2. The zero-order chi connectivity index (χ0) is 18.1. The SMILES string of the molecule is COC(=O)Cn1ccc2ccc(-c3csc(-c4ccc(F)cc4)n3)cc21. The standard InChI is InChI=1S/C20H15FN2O2S/c1-25-19(24)11-23-9-8-13-2-3-15(10-18(13)23)17-12-26-20(22-17)14-4-6-16(21)7-5-14/h2-10,12H,11H2,1H3. The van der Waals surface area contributed by atoms with Gasteiger partial charge < -0.3 is 9.30 Å². The van der Waals surface area contributed by atoms with Crippen LogP contribution in [0.15, 0.2) is 60.1 Å². The Kier molecular flexibility index (Phi) is 4.26. The molecule has 26 heavy (non-hydrogen) atoms. The van der Waals surface area contributed by atoms with E-state index in [1.807, 2.05) is 40.4 Å². The van der Waals surface area contributed by atoms with Crippen LogP contribution < -0.4 is 0 Å². The van der Waals surface area contributed by atoms with Gasteiger partial charge in [0.15, 0.2) is 0 Å². The maximum absolute atomic E-state index is 13.1. The molecule has 2 aromatic heterocycles. The van der Waals surface area contributed by atoms with Crippen LogP contribution in [0, 0.1) is 5.82 Å². The van der Waals surface area contributed by atoms with Gasteiger partial charge in [-0.2, -0.15) is 0 Å². The van der Waals surface area contributed by atoms with Crippen molar-refractivity contribution >= 4 is 28.2 Å². The van der Waals surface area contributed by atoms with Gasteiger partial charge in [-0.3, -0.25) is 4.79 Å². The predicted molar refractivity (Wildman–Crippen MR) is 100 cm³/mol. The first kappa shape index (κ1) is 16.5. The third kappa shape index (κ3) is 3.11. The topological polar surface area (TPSA) is 44.1 Å². The number of ether oxygens (including phenoxy) is 1. The van der Waals surface area contributed by atoms with Crippen LogP contribution in [0.5, 0.6) is 0 Å². The van der Waals surface area contributed by atoms with Crippen LogP contribution >= 0.6 is 11.3 Å². The fraction of sp³-hybridized carbons (Fsp3) is 0.100. The highest BCUT2D eigenvalue weighted by molar-refractivity contribution is 7.13. The van der Waals surface area contributed by atoms with Gasteiger partial charge in [0.1, 0.15) is 17.4 Å². The Morgan fingerprint density at radius 2 is 1.92 bits per heavy atom. The number of hydrogen-bond donors (Lipinski definition) is 0. The largest absolute Gasteiger partial charge is 0.468 e. The fourth-order valence-corrected chi connectivity index (χ4v) is 3.65. The van der Waals surface area contributed by atoms with Gasteiger partial charge in [-0.1, -0.05) is 12.1 Å². The Balaban J connectivity index is 1.69. The third-order valence-corrected chi connectivity index (χ3v) is 5.08. The van der Waals surface area contributed by atoms with Crippen molar-refractivity contribution < 1.29 is 13.9 Å². The maximum Gasteiger partial charge on any atom is 0.325 e. The van der Waals surface area contributed by atoms with Crippen molar-refractivity contribution in [3.05, 3.63) is 65.9 Å². The Morgan fingerprint density at radius 1 is 1.15 bits per heavy atom. The molecule has 6 heteroatoms. The molecule has 0 N–H and O–H groups in total. The molecule has 0 fully saturated rings. The number of halogens is 1. The molecule has 130 valence electrons. The summed E-state index contributed by atoms with van der Waals surface area (Å²) in [6.45, 7) is 0.168. The van der Waals surface area contributed by atoms with Gasteiger partial charge in [0, 0.05) is 28.2 Å². The Morgan fingerprint density at radius 3 is 2.69 bits per heavy atom. The molecule has 0 unspecified atom stereocenters. The van der Waals surface area contributed by atoms with E-state index in [1.165, 1.54) is 30.6 Å². The zero-order valence-corrected chi connectivity index (χ0v) is 14.8. The van der Waals surface area contributed by atoms with E-state index < -0.39 is 0 Å². The van der Waals surface area contributed by atoms with Crippen LogP contribution in [0.4, 0.5) is 4.39 Å². The van der Waals surface area contributed by atoms with Gasteiger partial charge >= 0.3 is 5.97 Å². The molecule has 2 heterocycles. The first-order chi connectivity index (χ1) is 12.6. The summed E-state index contributed by atoms with van der Waals surface area (Å²) in [5.41, 5.74) is 3.65. The number of benzene rings is 2. The van der Waals surface area contributed by atoms with E-state index in [2.05, 4.69) is 4.98 Å². The summed E-state index contributed by atoms with van der Waals surface area (Å²) in [4.78, 5) is 16.3. The molecule has 0 aliphatic carbocycles. The number of aromatic nitrogens is 2. The molecular formula is C20H15FN2O2S. The molecule has 0 bridgehead atoms. The molecule has 4 nitrogen and oxygen atoms in total. The third-order valence-electron chi connectivity index (χ3n) is 4.19. The summed E-state index contributed by atoms with van der Waals surface area (Å²) in [5, 5.41) is 3.87. The highest BCUT2D eigenvalue weighted by atomic mass is 32.1. The molecule has 0 amide bonds. The summed E-state index contributed by atoms with van der Waals surface area (Å²) >= 11 is 1.51. The number of carbonyl (C=O) groups excluding carboxylic acids is 1. The lowest BCUT2D eigenvalue weighted by molar-refractivity contribution is -0.141. The maximum atomic E-state index is 13.1. The van der Waals surface area contributed by atoms with Crippen LogP contribution in [-0.2, 0) is 16.1 Å². The Labute approximate surface area is 153 Å². The second-order valence-corrected chi connectivity index (χ2v) is 6.70. The summed E-state index contributed by atoms with van der Waals surface area (Å²) in [6.07, 6.45) is 1.87. The first-order valence-corrected chi connectivity index (χ1v) is 8.89. The van der Waals surface area contributed by atoms with Crippen LogP contribution in [0.2, 0.25) is 0 Å². The van der Waals surface area contributed by atoms with Crippen molar-refractivity contribution in [3.8, 4) is 21.8 Å². The fourth-order valence-electron chi connectivity index (χ4n) is 2.82. The molecule has 0 aliphatic heterocycles. The van der Waals surface area contributed by atoms with E-state index in [9.17, 15) is 9.18 Å². The molecule has 0 atom stereocenters. The van der Waals surface area contributed by atoms with Crippen molar-refractivity contribution in [2.75, 3.05) is 7.11 Å². The van der Waals surface area contributed by atoms with Gasteiger partial charge in [0.25, 0.3) is 0 Å². The molecule has 4 rings (SSSR count).